The van der Waals surface area contributed by atoms with Gasteiger partial charge in [-0.2, -0.15) is 0 Å². The molecule has 0 saturated heterocycles. The topological polar surface area (TPSA) is 30.5 Å². The number of hydrogen-bond donors (Lipinski definition) is 1. The van der Waals surface area contributed by atoms with Gasteiger partial charge in [0.2, 0.25) is 0 Å². The number of benzene rings is 2. The van der Waals surface area contributed by atoms with E-state index in [-0.39, 0.29) is 0 Å². The summed E-state index contributed by atoms with van der Waals surface area (Å²) in [4.78, 5) is 0. The van der Waals surface area contributed by atoms with Crippen molar-refractivity contribution in [2.24, 2.45) is 0 Å². The zero-order valence-corrected chi connectivity index (χ0v) is 12.8. The monoisotopic (exact) mass is 285 g/mol. The van der Waals surface area contributed by atoms with Gasteiger partial charge in [-0.1, -0.05) is 30.3 Å². The number of rotatable bonds is 5. The SMILES string of the molecule is COc1ccc(CNC2CCC(OC)C2)c2ccccc12. The molecule has 0 heterocycles. The second kappa shape index (κ2) is 6.46. The maximum atomic E-state index is 5.45. The van der Waals surface area contributed by atoms with Crippen molar-refractivity contribution in [2.45, 2.75) is 38.0 Å². The highest BCUT2D eigenvalue weighted by Crippen LogP contribution is 2.29. The Kier molecular flexibility index (Phi) is 4.42. The molecular formula is C18H23NO2. The zero-order valence-electron chi connectivity index (χ0n) is 12.8. The molecule has 2 aromatic carbocycles. The fraction of sp³-hybridized carbons (Fsp3) is 0.444. The van der Waals surface area contributed by atoms with E-state index in [4.69, 9.17) is 9.47 Å². The highest BCUT2D eigenvalue weighted by atomic mass is 16.5. The van der Waals surface area contributed by atoms with Gasteiger partial charge in [0.1, 0.15) is 5.75 Å². The first kappa shape index (κ1) is 14.4. The van der Waals surface area contributed by atoms with Crippen LogP contribution in [0.25, 0.3) is 10.8 Å². The average molecular weight is 285 g/mol. The summed E-state index contributed by atoms with van der Waals surface area (Å²) >= 11 is 0. The van der Waals surface area contributed by atoms with Gasteiger partial charge in [0.25, 0.3) is 0 Å². The lowest BCUT2D eigenvalue weighted by Gasteiger charge is -2.15. The number of ether oxygens (including phenoxy) is 2. The summed E-state index contributed by atoms with van der Waals surface area (Å²) in [5.74, 6) is 0.940. The van der Waals surface area contributed by atoms with E-state index >= 15 is 0 Å². The summed E-state index contributed by atoms with van der Waals surface area (Å²) in [6.45, 7) is 0.894. The minimum Gasteiger partial charge on any atom is -0.496 e. The molecule has 3 rings (SSSR count). The Morgan fingerprint density at radius 3 is 2.57 bits per heavy atom. The number of methoxy groups -OCH3 is 2. The van der Waals surface area contributed by atoms with E-state index in [1.165, 1.54) is 22.8 Å². The first-order chi connectivity index (χ1) is 10.3. The van der Waals surface area contributed by atoms with Crippen molar-refractivity contribution in [3.63, 3.8) is 0 Å². The molecule has 1 aliphatic rings. The molecule has 1 N–H and O–H groups in total. The van der Waals surface area contributed by atoms with Crippen LogP contribution in [-0.2, 0) is 11.3 Å². The van der Waals surface area contributed by atoms with Crippen LogP contribution in [0.5, 0.6) is 5.75 Å². The molecule has 0 aliphatic heterocycles. The molecule has 0 spiro atoms. The number of hydrogen-bond acceptors (Lipinski definition) is 3. The zero-order chi connectivity index (χ0) is 14.7. The molecule has 112 valence electrons. The largest absolute Gasteiger partial charge is 0.496 e. The lowest BCUT2D eigenvalue weighted by atomic mass is 10.0. The Bertz CT molecular complexity index is 611. The minimum absolute atomic E-state index is 0.426. The van der Waals surface area contributed by atoms with Gasteiger partial charge < -0.3 is 14.8 Å². The highest BCUT2D eigenvalue weighted by Gasteiger charge is 2.23. The second-order valence-electron chi connectivity index (χ2n) is 5.72. The normalized spacial score (nSPS) is 21.8. The molecule has 0 amide bonds. The van der Waals surface area contributed by atoms with Crippen LogP contribution in [-0.4, -0.2) is 26.4 Å². The molecule has 2 aromatic rings. The summed E-state index contributed by atoms with van der Waals surface area (Å²) in [5, 5.41) is 6.12. The first-order valence-electron chi connectivity index (χ1n) is 7.62. The first-order valence-corrected chi connectivity index (χ1v) is 7.62. The smallest absolute Gasteiger partial charge is 0.126 e. The molecule has 3 heteroatoms. The van der Waals surface area contributed by atoms with Gasteiger partial charge in [-0.15, -0.1) is 0 Å². The molecule has 1 aliphatic carbocycles. The number of fused-ring (bicyclic) bond motifs is 1. The van der Waals surface area contributed by atoms with Crippen LogP contribution in [0.3, 0.4) is 0 Å². The molecule has 0 bridgehead atoms. The Morgan fingerprint density at radius 2 is 1.86 bits per heavy atom. The lowest BCUT2D eigenvalue weighted by Crippen LogP contribution is -2.26. The summed E-state index contributed by atoms with van der Waals surface area (Å²) < 4.78 is 10.9. The van der Waals surface area contributed by atoms with Crippen LogP contribution in [0, 0.1) is 0 Å². The molecule has 0 aromatic heterocycles. The van der Waals surface area contributed by atoms with Gasteiger partial charge in [0, 0.05) is 25.1 Å². The predicted molar refractivity (Wildman–Crippen MR) is 85.8 cm³/mol. The highest BCUT2D eigenvalue weighted by molar-refractivity contribution is 5.91. The quantitative estimate of drug-likeness (QED) is 0.912. The van der Waals surface area contributed by atoms with Gasteiger partial charge >= 0.3 is 0 Å². The van der Waals surface area contributed by atoms with Crippen molar-refractivity contribution in [1.82, 2.24) is 5.32 Å². The second-order valence-corrected chi connectivity index (χ2v) is 5.72. The van der Waals surface area contributed by atoms with Crippen molar-refractivity contribution in [2.75, 3.05) is 14.2 Å². The van der Waals surface area contributed by atoms with Crippen molar-refractivity contribution < 1.29 is 9.47 Å². The Hall–Kier alpha value is -1.58. The Balaban J connectivity index is 1.76. The van der Waals surface area contributed by atoms with Gasteiger partial charge in [0.05, 0.1) is 13.2 Å². The molecule has 1 saturated carbocycles. The molecule has 2 unspecified atom stereocenters. The van der Waals surface area contributed by atoms with E-state index in [9.17, 15) is 0 Å². The standard InChI is InChI=1S/C18H23NO2/c1-20-15-9-8-14(11-15)19-12-13-7-10-18(21-2)17-6-4-3-5-16(13)17/h3-7,10,14-15,19H,8-9,11-12H2,1-2H3. The molecule has 21 heavy (non-hydrogen) atoms. The molecule has 0 radical (unpaired) electrons. The van der Waals surface area contributed by atoms with Crippen LogP contribution in [0.2, 0.25) is 0 Å². The van der Waals surface area contributed by atoms with Gasteiger partial charge in [-0.3, -0.25) is 0 Å². The predicted octanol–water partition coefficient (Wildman–Crippen LogP) is 3.51. The third kappa shape index (κ3) is 3.04. The molecule has 3 nitrogen and oxygen atoms in total. The van der Waals surface area contributed by atoms with Crippen LogP contribution in [0.4, 0.5) is 0 Å². The third-order valence-electron chi connectivity index (χ3n) is 4.49. The van der Waals surface area contributed by atoms with Gasteiger partial charge in [0.15, 0.2) is 0 Å². The van der Waals surface area contributed by atoms with Crippen LogP contribution < -0.4 is 10.1 Å². The maximum absolute atomic E-state index is 5.45. The van der Waals surface area contributed by atoms with Crippen molar-refractivity contribution in [1.29, 1.82) is 0 Å². The van der Waals surface area contributed by atoms with Crippen LogP contribution >= 0.6 is 0 Å². The molecular weight excluding hydrogens is 262 g/mol. The van der Waals surface area contributed by atoms with E-state index in [1.54, 1.807) is 7.11 Å². The minimum atomic E-state index is 0.426. The lowest BCUT2D eigenvalue weighted by molar-refractivity contribution is 0.107. The van der Waals surface area contributed by atoms with Crippen LogP contribution in [0.15, 0.2) is 36.4 Å². The van der Waals surface area contributed by atoms with Gasteiger partial charge in [-0.25, -0.2) is 0 Å². The number of nitrogens with one attached hydrogen (secondary N) is 1. The summed E-state index contributed by atoms with van der Waals surface area (Å²) in [7, 11) is 3.53. The van der Waals surface area contributed by atoms with E-state index < -0.39 is 0 Å². The Labute approximate surface area is 126 Å². The summed E-state index contributed by atoms with van der Waals surface area (Å²) in [6.07, 6.45) is 3.91. The fourth-order valence-electron chi connectivity index (χ4n) is 3.26. The third-order valence-corrected chi connectivity index (χ3v) is 4.49. The van der Waals surface area contributed by atoms with Crippen LogP contribution in [0.1, 0.15) is 24.8 Å². The maximum Gasteiger partial charge on any atom is 0.126 e. The average Bonchev–Trinajstić information content (AvgIpc) is 3.00. The fourth-order valence-corrected chi connectivity index (χ4v) is 3.26. The molecule has 2 atom stereocenters. The molecule has 1 fully saturated rings. The Morgan fingerprint density at radius 1 is 1.05 bits per heavy atom. The van der Waals surface area contributed by atoms with E-state index in [2.05, 4.69) is 41.7 Å². The van der Waals surface area contributed by atoms with E-state index in [0.29, 0.717) is 12.1 Å². The van der Waals surface area contributed by atoms with E-state index in [1.807, 2.05) is 7.11 Å². The van der Waals surface area contributed by atoms with Crippen molar-refractivity contribution >= 4 is 10.8 Å². The van der Waals surface area contributed by atoms with Crippen molar-refractivity contribution in [3.05, 3.63) is 42.0 Å². The van der Waals surface area contributed by atoms with Crippen molar-refractivity contribution in [3.8, 4) is 5.75 Å². The van der Waals surface area contributed by atoms with Gasteiger partial charge in [-0.05, 0) is 36.3 Å². The summed E-state index contributed by atoms with van der Waals surface area (Å²) in [6, 6.07) is 13.2. The van der Waals surface area contributed by atoms with E-state index in [0.717, 1.165) is 25.1 Å². The summed E-state index contributed by atoms with van der Waals surface area (Å²) in [5.41, 5.74) is 1.33.